The van der Waals surface area contributed by atoms with Crippen LogP contribution in [0.25, 0.3) is 0 Å². The summed E-state index contributed by atoms with van der Waals surface area (Å²) >= 11 is 5.07. The average molecular weight is 201 g/mol. The molecule has 0 aliphatic rings. The minimum Gasteiger partial charge on any atom is -0.566 e. The summed E-state index contributed by atoms with van der Waals surface area (Å²) in [4.78, 5) is 9.54. The largest absolute Gasteiger partial charge is 0.566 e. The molecular formula is C6H14ClO3P. The van der Waals surface area contributed by atoms with Crippen LogP contribution in [0.5, 0.6) is 0 Å². The molecule has 0 aliphatic heterocycles. The lowest BCUT2D eigenvalue weighted by Gasteiger charge is -1.89. The monoisotopic (exact) mass is 200 g/mol. The molecule has 0 bridgehead atoms. The highest BCUT2D eigenvalue weighted by Gasteiger charge is 2.05. The van der Waals surface area contributed by atoms with E-state index in [1.54, 1.807) is 0 Å². The first-order valence-electron chi connectivity index (χ1n) is 3.49. The summed E-state index contributed by atoms with van der Waals surface area (Å²) in [6, 6.07) is 0. The van der Waals surface area contributed by atoms with E-state index in [2.05, 4.69) is 18.4 Å². The Bertz CT molecular complexity index is 95.8. The molecular weight excluding hydrogens is 186 g/mol. The van der Waals surface area contributed by atoms with Gasteiger partial charge in [-0.3, -0.25) is 0 Å². The molecule has 11 heavy (non-hydrogen) atoms. The Kier molecular flexibility index (Phi) is 13.0. The molecule has 0 rings (SSSR count). The Morgan fingerprint density at radius 2 is 1.91 bits per heavy atom. The van der Waals surface area contributed by atoms with E-state index in [-0.39, 0.29) is 0 Å². The van der Waals surface area contributed by atoms with E-state index >= 15 is 0 Å². The maximum Gasteiger partial charge on any atom is 0.489 e. The highest BCUT2D eigenvalue weighted by molar-refractivity contribution is 7.30. The van der Waals surface area contributed by atoms with Crippen molar-refractivity contribution in [1.82, 2.24) is 0 Å². The lowest BCUT2D eigenvalue weighted by atomic mass is 10.4. The summed E-state index contributed by atoms with van der Waals surface area (Å²) in [6.07, 6.45) is 2.64. The third kappa shape index (κ3) is 25.3. The SMILES string of the molecule is CC(Cl)O[P+](=O)[O-].CCCC. The van der Waals surface area contributed by atoms with Crippen molar-refractivity contribution in [3.05, 3.63) is 0 Å². The van der Waals surface area contributed by atoms with Crippen LogP contribution in [-0.2, 0) is 9.09 Å². The molecule has 0 aromatic rings. The number of hydrogen-bond acceptors (Lipinski definition) is 3. The fourth-order valence-corrected chi connectivity index (χ4v) is 0.551. The van der Waals surface area contributed by atoms with Crippen LogP contribution in [0.1, 0.15) is 33.6 Å². The predicted molar refractivity (Wildman–Crippen MR) is 44.6 cm³/mol. The second-order valence-electron chi connectivity index (χ2n) is 1.87. The topological polar surface area (TPSA) is 49.4 Å². The van der Waals surface area contributed by atoms with Crippen LogP contribution >= 0.6 is 19.9 Å². The molecule has 0 aromatic carbocycles. The molecule has 0 saturated heterocycles. The minimum atomic E-state index is -2.77. The van der Waals surface area contributed by atoms with Crippen LogP contribution in [0.2, 0.25) is 0 Å². The molecule has 0 N–H and O–H groups in total. The van der Waals surface area contributed by atoms with Gasteiger partial charge in [-0.25, -0.2) is 0 Å². The molecule has 5 heteroatoms. The van der Waals surface area contributed by atoms with Crippen LogP contribution < -0.4 is 4.89 Å². The van der Waals surface area contributed by atoms with E-state index in [1.807, 2.05) is 0 Å². The predicted octanol–water partition coefficient (Wildman–Crippen LogP) is 2.41. The van der Waals surface area contributed by atoms with Gasteiger partial charge in [-0.15, -0.1) is 4.52 Å². The molecule has 0 spiro atoms. The summed E-state index contributed by atoms with van der Waals surface area (Å²) in [7, 11) is -2.77. The zero-order chi connectivity index (χ0) is 9.28. The van der Waals surface area contributed by atoms with Crippen molar-refractivity contribution in [1.29, 1.82) is 0 Å². The zero-order valence-corrected chi connectivity index (χ0v) is 8.69. The van der Waals surface area contributed by atoms with Crippen molar-refractivity contribution in [2.24, 2.45) is 0 Å². The highest BCUT2D eigenvalue weighted by atomic mass is 35.5. The van der Waals surface area contributed by atoms with Crippen LogP contribution in [0.3, 0.4) is 0 Å². The number of alkyl halides is 1. The third-order valence-electron chi connectivity index (χ3n) is 0.731. The molecule has 2 unspecified atom stereocenters. The van der Waals surface area contributed by atoms with E-state index in [9.17, 15) is 9.46 Å². The number of hydrogen-bond donors (Lipinski definition) is 0. The van der Waals surface area contributed by atoms with E-state index in [0.717, 1.165) is 0 Å². The fourth-order valence-electron chi connectivity index (χ4n) is 0.119. The molecule has 0 saturated carbocycles. The Hall–Kier alpha value is 0.310. The molecule has 0 aromatic heterocycles. The van der Waals surface area contributed by atoms with Crippen LogP contribution in [0.15, 0.2) is 0 Å². The van der Waals surface area contributed by atoms with Gasteiger partial charge in [0.15, 0.2) is 5.56 Å². The zero-order valence-electron chi connectivity index (χ0n) is 7.04. The van der Waals surface area contributed by atoms with E-state index < -0.39 is 13.8 Å². The van der Waals surface area contributed by atoms with Crippen molar-refractivity contribution in [3.63, 3.8) is 0 Å². The summed E-state index contributed by atoms with van der Waals surface area (Å²) in [5.74, 6) is 0. The molecule has 0 aliphatic carbocycles. The Morgan fingerprint density at radius 3 is 1.91 bits per heavy atom. The van der Waals surface area contributed by atoms with Gasteiger partial charge in [-0.2, -0.15) is 0 Å². The van der Waals surface area contributed by atoms with Gasteiger partial charge in [0.2, 0.25) is 0 Å². The molecule has 0 fully saturated rings. The van der Waals surface area contributed by atoms with Crippen molar-refractivity contribution in [3.8, 4) is 0 Å². The number of rotatable bonds is 3. The van der Waals surface area contributed by atoms with Gasteiger partial charge >= 0.3 is 8.25 Å². The van der Waals surface area contributed by atoms with Crippen LogP contribution in [0, 0.1) is 0 Å². The molecule has 2 atom stereocenters. The third-order valence-corrected chi connectivity index (χ3v) is 1.43. The lowest BCUT2D eigenvalue weighted by molar-refractivity contribution is -0.186. The fraction of sp³-hybridized carbons (Fsp3) is 1.00. The first kappa shape index (κ1) is 13.9. The average Bonchev–Trinajstić information content (AvgIpc) is 1.85. The van der Waals surface area contributed by atoms with Gasteiger partial charge < -0.3 is 4.89 Å². The van der Waals surface area contributed by atoms with Crippen molar-refractivity contribution in [2.45, 2.75) is 39.2 Å². The molecule has 0 radical (unpaired) electrons. The Labute approximate surface area is 73.7 Å². The van der Waals surface area contributed by atoms with Crippen LogP contribution in [0.4, 0.5) is 0 Å². The molecule has 3 nitrogen and oxygen atoms in total. The summed E-state index contributed by atoms with van der Waals surface area (Å²) < 4.78 is 13.5. The van der Waals surface area contributed by atoms with Crippen molar-refractivity contribution < 1.29 is 14.0 Å². The molecule has 0 heterocycles. The van der Waals surface area contributed by atoms with Gasteiger partial charge in [0.05, 0.1) is 0 Å². The normalized spacial score (nSPS) is 13.0. The van der Waals surface area contributed by atoms with Gasteiger partial charge in [-0.05, 0) is 11.5 Å². The van der Waals surface area contributed by atoms with Crippen molar-refractivity contribution >= 4 is 19.9 Å². The second kappa shape index (κ2) is 10.3. The van der Waals surface area contributed by atoms with Crippen molar-refractivity contribution in [2.75, 3.05) is 0 Å². The molecule has 0 amide bonds. The van der Waals surface area contributed by atoms with Crippen LogP contribution in [-0.4, -0.2) is 5.56 Å². The van der Waals surface area contributed by atoms with Gasteiger partial charge in [0.25, 0.3) is 0 Å². The minimum absolute atomic E-state index is 0.749. The quantitative estimate of drug-likeness (QED) is 0.519. The first-order chi connectivity index (χ1) is 5.04. The lowest BCUT2D eigenvalue weighted by Crippen LogP contribution is -1.96. The van der Waals surface area contributed by atoms with Gasteiger partial charge in [0.1, 0.15) is 0 Å². The van der Waals surface area contributed by atoms with E-state index in [1.165, 1.54) is 19.8 Å². The van der Waals surface area contributed by atoms with Gasteiger partial charge in [0, 0.05) is 0 Å². The maximum absolute atomic E-state index is 9.54. The summed E-state index contributed by atoms with van der Waals surface area (Å²) in [6.45, 7) is 5.78. The first-order valence-corrected chi connectivity index (χ1v) is 5.03. The number of unbranched alkanes of at least 4 members (excludes halogenated alkanes) is 1. The number of halogens is 1. The van der Waals surface area contributed by atoms with E-state index in [4.69, 9.17) is 11.6 Å². The Morgan fingerprint density at radius 1 is 1.55 bits per heavy atom. The Balaban J connectivity index is 0. The smallest absolute Gasteiger partial charge is 0.489 e. The highest BCUT2D eigenvalue weighted by Crippen LogP contribution is 2.14. The molecule has 68 valence electrons. The standard InChI is InChI=1S/C4H10.C2H4ClO3P/c1-3-4-2;1-2(3)6-7(4)5/h3-4H2,1-2H3;2H,1H3. The summed E-state index contributed by atoms with van der Waals surface area (Å²) in [5, 5.41) is 0. The second-order valence-corrected chi connectivity index (χ2v) is 3.14. The van der Waals surface area contributed by atoms with E-state index in [0.29, 0.717) is 0 Å². The van der Waals surface area contributed by atoms with Gasteiger partial charge in [-0.1, -0.05) is 38.3 Å². The maximum atomic E-state index is 9.54. The summed E-state index contributed by atoms with van der Waals surface area (Å²) in [5.41, 5.74) is -0.749.